The fourth-order valence-electron chi connectivity index (χ4n) is 2.98. The van der Waals surface area contributed by atoms with Gasteiger partial charge in [0.1, 0.15) is 5.82 Å². The second-order valence-corrected chi connectivity index (χ2v) is 7.02. The van der Waals surface area contributed by atoms with Crippen molar-refractivity contribution in [3.63, 3.8) is 0 Å². The third kappa shape index (κ3) is 4.82. The van der Waals surface area contributed by atoms with Crippen LogP contribution in [0.15, 0.2) is 54.6 Å². The Bertz CT molecular complexity index is 990. The topological polar surface area (TPSA) is 101 Å². The van der Waals surface area contributed by atoms with Gasteiger partial charge in [-0.3, -0.25) is 14.9 Å². The van der Waals surface area contributed by atoms with Gasteiger partial charge in [-0.2, -0.15) is 0 Å². The number of carbonyl (C=O) groups is 1. The third-order valence-electron chi connectivity index (χ3n) is 4.27. The number of aromatic nitrogens is 2. The van der Waals surface area contributed by atoms with Crippen LogP contribution in [0.2, 0.25) is 0 Å². The number of nitrogens with one attached hydrogen (secondary N) is 2. The molecule has 1 heterocycles. The van der Waals surface area contributed by atoms with Crippen molar-refractivity contribution in [3.05, 3.63) is 76.1 Å². The van der Waals surface area contributed by atoms with E-state index < -0.39 is 4.92 Å². The maximum Gasteiger partial charge on any atom is 0.270 e. The van der Waals surface area contributed by atoms with Gasteiger partial charge in [0.25, 0.3) is 5.69 Å². The number of amides is 1. The largest absolute Gasteiger partial charge is 0.343 e. The Morgan fingerprint density at radius 1 is 1.25 bits per heavy atom. The highest BCUT2D eigenvalue weighted by Gasteiger charge is 2.19. The first-order chi connectivity index (χ1) is 13.4. The lowest BCUT2D eigenvalue weighted by Crippen LogP contribution is -2.28. The Kier molecular flexibility index (Phi) is 5.84. The highest BCUT2D eigenvalue weighted by Crippen LogP contribution is 2.22. The molecule has 0 saturated heterocycles. The average Bonchev–Trinajstić information content (AvgIpc) is 3.10. The van der Waals surface area contributed by atoms with E-state index in [1.165, 1.54) is 18.2 Å². The molecule has 0 saturated carbocycles. The van der Waals surface area contributed by atoms with Gasteiger partial charge in [-0.1, -0.05) is 38.1 Å². The van der Waals surface area contributed by atoms with Crippen LogP contribution in [0.5, 0.6) is 0 Å². The van der Waals surface area contributed by atoms with Gasteiger partial charge in [-0.15, -0.1) is 0 Å². The predicted octanol–water partition coefficient (Wildman–Crippen LogP) is 4.39. The molecular formula is C21H22N4O3. The number of imidazole rings is 1. The van der Waals surface area contributed by atoms with Crippen LogP contribution in [0.3, 0.4) is 0 Å². The lowest BCUT2D eigenvalue weighted by atomic mass is 10.0. The number of hydrogen-bond donors (Lipinski definition) is 2. The van der Waals surface area contributed by atoms with Gasteiger partial charge >= 0.3 is 0 Å². The molecule has 0 spiro atoms. The van der Waals surface area contributed by atoms with Crippen LogP contribution in [-0.2, 0) is 4.79 Å². The number of non-ortho nitro benzene ring substituents is 1. The monoisotopic (exact) mass is 378 g/mol. The Hall–Kier alpha value is -3.48. The summed E-state index contributed by atoms with van der Waals surface area (Å²) in [6, 6.07) is 13.6. The summed E-state index contributed by atoms with van der Waals surface area (Å²) in [5, 5.41) is 13.8. The molecule has 1 aromatic heterocycles. The summed E-state index contributed by atoms with van der Waals surface area (Å²) in [5.41, 5.74) is 2.36. The van der Waals surface area contributed by atoms with Gasteiger partial charge in [0.05, 0.1) is 22.0 Å². The standard InChI is InChI=1S/C21H22N4O3/c1-14(2)12-19(21-23-17-8-3-4-9-18(17)24-21)22-20(26)11-10-15-6-5-7-16(13-15)25(27)28/h3-11,13-14,19H,12H2,1-2H3,(H,22,26)(H,23,24). The SMILES string of the molecule is CC(C)CC(NC(=O)C=Cc1cccc([N+](=O)[O-])c1)c1nc2ccccc2[nH]1. The van der Waals surface area contributed by atoms with E-state index in [4.69, 9.17) is 0 Å². The molecule has 7 nitrogen and oxygen atoms in total. The first kappa shape index (κ1) is 19.3. The second kappa shape index (κ2) is 8.47. The zero-order valence-electron chi connectivity index (χ0n) is 15.8. The molecule has 0 aliphatic heterocycles. The summed E-state index contributed by atoms with van der Waals surface area (Å²) in [4.78, 5) is 30.7. The molecule has 0 aliphatic carbocycles. The zero-order chi connectivity index (χ0) is 20.1. The summed E-state index contributed by atoms with van der Waals surface area (Å²) < 4.78 is 0. The van der Waals surface area contributed by atoms with Crippen LogP contribution >= 0.6 is 0 Å². The van der Waals surface area contributed by atoms with Crippen molar-refractivity contribution in [2.45, 2.75) is 26.3 Å². The number of hydrogen-bond acceptors (Lipinski definition) is 4. The first-order valence-electron chi connectivity index (χ1n) is 9.10. The molecule has 28 heavy (non-hydrogen) atoms. The minimum atomic E-state index is -0.461. The highest BCUT2D eigenvalue weighted by molar-refractivity contribution is 5.92. The Balaban J connectivity index is 1.76. The van der Waals surface area contributed by atoms with Gasteiger partial charge in [-0.05, 0) is 36.1 Å². The van der Waals surface area contributed by atoms with Crippen molar-refractivity contribution in [2.75, 3.05) is 0 Å². The fraction of sp³-hybridized carbons (Fsp3) is 0.238. The summed E-state index contributed by atoms with van der Waals surface area (Å²) in [6.45, 7) is 4.17. The third-order valence-corrected chi connectivity index (χ3v) is 4.27. The van der Waals surface area contributed by atoms with Crippen molar-refractivity contribution in [1.82, 2.24) is 15.3 Å². The number of nitrogens with zero attached hydrogens (tertiary/aromatic N) is 2. The molecule has 1 unspecified atom stereocenters. The van der Waals surface area contributed by atoms with E-state index in [9.17, 15) is 14.9 Å². The number of nitro benzene ring substituents is 1. The molecule has 2 aromatic carbocycles. The zero-order valence-corrected chi connectivity index (χ0v) is 15.8. The molecule has 1 atom stereocenters. The summed E-state index contributed by atoms with van der Waals surface area (Å²) in [6.07, 6.45) is 3.68. The first-order valence-corrected chi connectivity index (χ1v) is 9.10. The number of fused-ring (bicyclic) bond motifs is 1. The van der Waals surface area contributed by atoms with Crippen LogP contribution in [0.25, 0.3) is 17.1 Å². The molecule has 7 heteroatoms. The highest BCUT2D eigenvalue weighted by atomic mass is 16.6. The summed E-state index contributed by atoms with van der Waals surface area (Å²) in [7, 11) is 0. The van der Waals surface area contributed by atoms with Gasteiger partial charge in [0.15, 0.2) is 0 Å². The number of aromatic amines is 1. The summed E-state index contributed by atoms with van der Waals surface area (Å²) >= 11 is 0. The van der Waals surface area contributed by atoms with Crippen molar-refractivity contribution in [2.24, 2.45) is 5.92 Å². The smallest absolute Gasteiger partial charge is 0.270 e. The summed E-state index contributed by atoms with van der Waals surface area (Å²) in [5.74, 6) is 0.795. The fourth-order valence-corrected chi connectivity index (χ4v) is 2.98. The molecule has 3 rings (SSSR count). The minimum absolute atomic E-state index is 0.0116. The normalized spacial score (nSPS) is 12.5. The van der Waals surface area contributed by atoms with Gasteiger partial charge < -0.3 is 10.3 Å². The Morgan fingerprint density at radius 2 is 2.04 bits per heavy atom. The number of carbonyl (C=O) groups excluding carboxylic acids is 1. The maximum absolute atomic E-state index is 12.4. The molecule has 0 aliphatic rings. The van der Waals surface area contributed by atoms with E-state index in [1.807, 2.05) is 24.3 Å². The molecule has 0 bridgehead atoms. The van der Waals surface area contributed by atoms with E-state index in [-0.39, 0.29) is 17.6 Å². The van der Waals surface area contributed by atoms with E-state index in [0.29, 0.717) is 17.3 Å². The molecule has 3 aromatic rings. The lowest BCUT2D eigenvalue weighted by molar-refractivity contribution is -0.384. The molecule has 0 radical (unpaired) electrons. The van der Waals surface area contributed by atoms with Gasteiger partial charge in [-0.25, -0.2) is 4.98 Å². The minimum Gasteiger partial charge on any atom is -0.343 e. The maximum atomic E-state index is 12.4. The van der Waals surface area contributed by atoms with Crippen molar-refractivity contribution >= 4 is 28.7 Å². The Morgan fingerprint density at radius 3 is 2.75 bits per heavy atom. The number of nitro groups is 1. The predicted molar refractivity (Wildman–Crippen MR) is 109 cm³/mol. The van der Waals surface area contributed by atoms with E-state index in [1.54, 1.807) is 18.2 Å². The van der Waals surface area contributed by atoms with Crippen LogP contribution in [0.4, 0.5) is 5.69 Å². The van der Waals surface area contributed by atoms with Crippen molar-refractivity contribution < 1.29 is 9.72 Å². The quantitative estimate of drug-likeness (QED) is 0.362. The molecule has 1 amide bonds. The molecule has 144 valence electrons. The molecule has 0 fully saturated rings. The Labute approximate surface area is 162 Å². The van der Waals surface area contributed by atoms with E-state index >= 15 is 0 Å². The average molecular weight is 378 g/mol. The van der Waals surface area contributed by atoms with Crippen LogP contribution in [0.1, 0.15) is 37.7 Å². The van der Waals surface area contributed by atoms with E-state index in [0.717, 1.165) is 17.5 Å². The number of benzene rings is 2. The van der Waals surface area contributed by atoms with Gasteiger partial charge in [0, 0.05) is 18.2 Å². The van der Waals surface area contributed by atoms with Crippen LogP contribution < -0.4 is 5.32 Å². The van der Waals surface area contributed by atoms with E-state index in [2.05, 4.69) is 29.1 Å². The van der Waals surface area contributed by atoms with Crippen molar-refractivity contribution in [1.29, 1.82) is 0 Å². The van der Waals surface area contributed by atoms with Crippen LogP contribution in [-0.4, -0.2) is 20.8 Å². The number of rotatable bonds is 7. The van der Waals surface area contributed by atoms with Gasteiger partial charge in [0.2, 0.25) is 5.91 Å². The molecule has 2 N–H and O–H groups in total. The molecular weight excluding hydrogens is 356 g/mol. The lowest BCUT2D eigenvalue weighted by Gasteiger charge is -2.17. The van der Waals surface area contributed by atoms with Crippen molar-refractivity contribution in [3.8, 4) is 0 Å². The number of H-pyrrole nitrogens is 1. The van der Waals surface area contributed by atoms with Crippen LogP contribution in [0, 0.1) is 16.0 Å². The number of para-hydroxylation sites is 2. The second-order valence-electron chi connectivity index (χ2n) is 7.02.